The van der Waals surface area contributed by atoms with Crippen LogP contribution in [-0.2, 0) is 15.1 Å². The van der Waals surface area contributed by atoms with Crippen molar-refractivity contribution < 1.29 is 23.5 Å². The summed E-state index contributed by atoms with van der Waals surface area (Å²) in [6, 6.07) is 7.74. The van der Waals surface area contributed by atoms with Gasteiger partial charge >= 0.3 is 5.69 Å². The van der Waals surface area contributed by atoms with E-state index in [1.54, 1.807) is 40.2 Å². The van der Waals surface area contributed by atoms with Gasteiger partial charge in [0.1, 0.15) is 11.8 Å². The van der Waals surface area contributed by atoms with Crippen molar-refractivity contribution in [2.45, 2.75) is 37.8 Å². The highest BCUT2D eigenvalue weighted by atomic mass is 35.5. The minimum absolute atomic E-state index is 0.0795. The second-order valence-electron chi connectivity index (χ2n) is 8.77. The van der Waals surface area contributed by atoms with E-state index in [1.807, 2.05) is 6.92 Å². The van der Waals surface area contributed by atoms with Crippen LogP contribution in [0.2, 0.25) is 5.02 Å². The third-order valence-electron chi connectivity index (χ3n) is 7.17. The number of hydrazine groups is 1. The van der Waals surface area contributed by atoms with Gasteiger partial charge in [0, 0.05) is 35.8 Å². The van der Waals surface area contributed by atoms with Gasteiger partial charge in [-0.05, 0) is 44.2 Å². The standard InChI is InChI=1S/C23H20ClN5O6/c1-3-26-15-7-6-13(24)11-14(15)23(22(26)31)18(21-19(29(32)33)12(2)25-35-21)20(16-5-4-10-34-16)27-9-8-17(30)28(23)27/h4-7,10-11,18,20H,3,8-9H2,1-2H3. The van der Waals surface area contributed by atoms with E-state index < -0.39 is 22.4 Å². The molecule has 1 spiro atoms. The highest BCUT2D eigenvalue weighted by molar-refractivity contribution is 6.31. The van der Waals surface area contributed by atoms with E-state index in [0.717, 1.165) is 0 Å². The van der Waals surface area contributed by atoms with Crippen LogP contribution in [-0.4, -0.2) is 45.0 Å². The van der Waals surface area contributed by atoms with Gasteiger partial charge in [-0.25, -0.2) is 5.01 Å². The molecule has 3 aromatic rings. The van der Waals surface area contributed by atoms with E-state index in [0.29, 0.717) is 35.1 Å². The molecule has 2 amide bonds. The number of carbonyl (C=O) groups excluding carboxylic acids is 2. The molecule has 11 nitrogen and oxygen atoms in total. The molecule has 2 saturated heterocycles. The van der Waals surface area contributed by atoms with Gasteiger partial charge in [-0.3, -0.25) is 24.7 Å². The third kappa shape index (κ3) is 2.62. The fraction of sp³-hybridized carbons (Fsp3) is 0.348. The fourth-order valence-electron chi connectivity index (χ4n) is 5.97. The molecule has 3 aliphatic rings. The van der Waals surface area contributed by atoms with Crippen LogP contribution in [0.25, 0.3) is 0 Å². The second kappa shape index (κ2) is 7.40. The van der Waals surface area contributed by atoms with E-state index in [2.05, 4.69) is 5.16 Å². The average molecular weight is 498 g/mol. The van der Waals surface area contributed by atoms with E-state index >= 15 is 0 Å². The van der Waals surface area contributed by atoms with Gasteiger partial charge in [0.2, 0.25) is 11.7 Å². The summed E-state index contributed by atoms with van der Waals surface area (Å²) in [6.45, 7) is 3.93. The van der Waals surface area contributed by atoms with Crippen LogP contribution < -0.4 is 4.90 Å². The zero-order valence-corrected chi connectivity index (χ0v) is 19.6. The average Bonchev–Trinajstić information content (AvgIpc) is 3.61. The first-order chi connectivity index (χ1) is 16.8. The first-order valence-corrected chi connectivity index (χ1v) is 11.6. The molecule has 0 bridgehead atoms. The topological polar surface area (TPSA) is 126 Å². The van der Waals surface area contributed by atoms with Gasteiger partial charge in [0.15, 0.2) is 11.2 Å². The number of hydrogen-bond acceptors (Lipinski definition) is 8. The monoisotopic (exact) mass is 497 g/mol. The molecule has 0 radical (unpaired) electrons. The smallest absolute Gasteiger partial charge is 0.334 e. The molecule has 12 heteroatoms. The highest BCUT2D eigenvalue weighted by Gasteiger charge is 2.73. The van der Waals surface area contributed by atoms with Crippen molar-refractivity contribution in [2.75, 3.05) is 18.0 Å². The number of fused-ring (bicyclic) bond motifs is 4. The molecule has 3 atom stereocenters. The van der Waals surface area contributed by atoms with Crippen LogP contribution in [0.3, 0.4) is 0 Å². The Morgan fingerprint density at radius 1 is 1.31 bits per heavy atom. The molecule has 3 aliphatic heterocycles. The molecule has 180 valence electrons. The second-order valence-corrected chi connectivity index (χ2v) is 9.21. The molecule has 5 heterocycles. The fourth-order valence-corrected chi connectivity index (χ4v) is 6.14. The number of aryl methyl sites for hydroxylation is 1. The maximum Gasteiger partial charge on any atom is 0.334 e. The Morgan fingerprint density at radius 3 is 2.80 bits per heavy atom. The summed E-state index contributed by atoms with van der Waals surface area (Å²) in [5.41, 5.74) is -0.842. The van der Waals surface area contributed by atoms with Crippen LogP contribution in [0.15, 0.2) is 45.5 Å². The molecule has 0 N–H and O–H groups in total. The Bertz CT molecular complexity index is 1390. The number of carbonyl (C=O) groups is 2. The lowest BCUT2D eigenvalue weighted by Gasteiger charge is -2.35. The number of likely N-dealkylation sites (N-methyl/N-ethyl adjacent to an activating group) is 1. The van der Waals surface area contributed by atoms with Crippen LogP contribution >= 0.6 is 11.6 Å². The molecule has 0 aliphatic carbocycles. The van der Waals surface area contributed by atoms with E-state index in [9.17, 15) is 19.7 Å². The zero-order chi connectivity index (χ0) is 24.6. The van der Waals surface area contributed by atoms with Crippen molar-refractivity contribution >= 4 is 34.8 Å². The molecular weight excluding hydrogens is 478 g/mol. The maximum absolute atomic E-state index is 14.4. The number of anilines is 1. The molecule has 6 rings (SSSR count). The lowest BCUT2D eigenvalue weighted by atomic mass is 9.73. The predicted molar refractivity (Wildman–Crippen MR) is 121 cm³/mol. The van der Waals surface area contributed by atoms with Gasteiger partial charge in [-0.2, -0.15) is 0 Å². The third-order valence-corrected chi connectivity index (χ3v) is 7.41. The van der Waals surface area contributed by atoms with Crippen LogP contribution in [0.4, 0.5) is 11.4 Å². The number of halogens is 1. The molecule has 3 unspecified atom stereocenters. The number of rotatable bonds is 4. The lowest BCUT2D eigenvalue weighted by Crippen LogP contribution is -2.54. The first kappa shape index (κ1) is 21.8. The summed E-state index contributed by atoms with van der Waals surface area (Å²) in [7, 11) is 0. The molecule has 2 aromatic heterocycles. The van der Waals surface area contributed by atoms with Crippen molar-refractivity contribution in [2.24, 2.45) is 0 Å². The van der Waals surface area contributed by atoms with Crippen LogP contribution in [0, 0.1) is 17.0 Å². The van der Waals surface area contributed by atoms with Gasteiger partial charge in [0.05, 0.1) is 17.1 Å². The SMILES string of the molecule is CCN1C(=O)C2(c3cc(Cl)ccc31)C(c1onc(C)c1[N+](=O)[O-])C(c1ccco1)N1CCC(=O)N12. The number of amides is 2. The summed E-state index contributed by atoms with van der Waals surface area (Å²) in [4.78, 5) is 41.0. The Hall–Kier alpha value is -3.70. The normalized spacial score (nSPS) is 25.7. The first-order valence-electron chi connectivity index (χ1n) is 11.2. The minimum atomic E-state index is -1.67. The molecule has 35 heavy (non-hydrogen) atoms. The summed E-state index contributed by atoms with van der Waals surface area (Å²) in [6.07, 6.45) is 1.66. The van der Waals surface area contributed by atoms with Crippen LogP contribution in [0.5, 0.6) is 0 Å². The predicted octanol–water partition coefficient (Wildman–Crippen LogP) is 3.69. The van der Waals surface area contributed by atoms with Gasteiger partial charge < -0.3 is 13.8 Å². The summed E-state index contributed by atoms with van der Waals surface area (Å²) >= 11 is 6.41. The maximum atomic E-state index is 14.4. The number of benzene rings is 1. The molecular formula is C23H20ClN5O6. The number of nitro groups is 1. The van der Waals surface area contributed by atoms with Crippen molar-refractivity contribution in [3.63, 3.8) is 0 Å². The number of aromatic nitrogens is 1. The summed E-state index contributed by atoms with van der Waals surface area (Å²) in [5, 5.41) is 19.6. The Kier molecular flexibility index (Phi) is 4.61. The number of furan rings is 1. The summed E-state index contributed by atoms with van der Waals surface area (Å²) < 4.78 is 11.4. The molecule has 0 saturated carbocycles. The van der Waals surface area contributed by atoms with Crippen molar-refractivity contribution in [1.29, 1.82) is 0 Å². The molecule has 1 aromatic carbocycles. The van der Waals surface area contributed by atoms with Gasteiger partial charge in [0.25, 0.3) is 5.91 Å². The number of nitrogens with zero attached hydrogens (tertiary/aromatic N) is 5. The minimum Gasteiger partial charge on any atom is -0.468 e. The van der Waals surface area contributed by atoms with Gasteiger partial charge in [-0.15, -0.1) is 0 Å². The summed E-state index contributed by atoms with van der Waals surface area (Å²) in [5.74, 6) is -1.34. The Morgan fingerprint density at radius 2 is 2.11 bits per heavy atom. The van der Waals surface area contributed by atoms with Crippen molar-refractivity contribution in [1.82, 2.24) is 15.2 Å². The quantitative estimate of drug-likeness (QED) is 0.394. The number of hydrogen-bond donors (Lipinski definition) is 0. The lowest BCUT2D eigenvalue weighted by molar-refractivity contribution is -0.386. The van der Waals surface area contributed by atoms with Crippen molar-refractivity contribution in [3.05, 3.63) is 74.5 Å². The van der Waals surface area contributed by atoms with Crippen molar-refractivity contribution in [3.8, 4) is 0 Å². The van der Waals surface area contributed by atoms with E-state index in [-0.39, 0.29) is 35.4 Å². The van der Waals surface area contributed by atoms with E-state index in [4.69, 9.17) is 20.5 Å². The largest absolute Gasteiger partial charge is 0.468 e. The van der Waals surface area contributed by atoms with Crippen LogP contribution in [0.1, 0.15) is 48.1 Å². The van der Waals surface area contributed by atoms with Gasteiger partial charge in [-0.1, -0.05) is 16.8 Å². The highest BCUT2D eigenvalue weighted by Crippen LogP contribution is 2.65. The Labute approximate surface area is 203 Å². The Balaban J connectivity index is 1.74. The van der Waals surface area contributed by atoms with E-state index in [1.165, 1.54) is 18.2 Å². The zero-order valence-electron chi connectivity index (χ0n) is 18.8. The molecule has 2 fully saturated rings.